The lowest BCUT2D eigenvalue weighted by Gasteiger charge is -2.08. The maximum atomic E-state index is 12.0. The largest absolute Gasteiger partial charge is 0.497 e. The van der Waals surface area contributed by atoms with Gasteiger partial charge in [-0.05, 0) is 36.2 Å². The van der Waals surface area contributed by atoms with Gasteiger partial charge in [0.25, 0.3) is 0 Å². The van der Waals surface area contributed by atoms with E-state index >= 15 is 0 Å². The summed E-state index contributed by atoms with van der Waals surface area (Å²) in [7, 11) is 1.63. The molecule has 0 bridgehead atoms. The molecule has 0 saturated heterocycles. The van der Waals surface area contributed by atoms with E-state index in [-0.39, 0.29) is 5.91 Å². The van der Waals surface area contributed by atoms with Gasteiger partial charge in [0, 0.05) is 18.2 Å². The minimum atomic E-state index is -0.0262. The number of carbonyl (C=O) groups is 1. The van der Waals surface area contributed by atoms with Crippen LogP contribution in [0.2, 0.25) is 0 Å². The second-order valence-corrected chi connectivity index (χ2v) is 5.02. The van der Waals surface area contributed by atoms with Gasteiger partial charge in [-0.3, -0.25) is 4.79 Å². The van der Waals surface area contributed by atoms with Crippen LogP contribution in [0.3, 0.4) is 0 Å². The fourth-order valence-electron chi connectivity index (χ4n) is 2.09. The van der Waals surface area contributed by atoms with Crippen molar-refractivity contribution < 1.29 is 14.3 Å². The smallest absolute Gasteiger partial charge is 0.224 e. The zero-order valence-electron chi connectivity index (χ0n) is 13.2. The number of anilines is 1. The minimum Gasteiger partial charge on any atom is -0.497 e. The molecule has 0 spiro atoms. The van der Waals surface area contributed by atoms with Gasteiger partial charge in [0.05, 0.1) is 7.11 Å². The van der Waals surface area contributed by atoms with Crippen LogP contribution in [0.25, 0.3) is 0 Å². The fraction of sp³-hybridized carbons (Fsp3) is 0.211. The van der Waals surface area contributed by atoms with Crippen molar-refractivity contribution >= 4 is 11.6 Å². The van der Waals surface area contributed by atoms with E-state index in [4.69, 9.17) is 9.47 Å². The number of benzene rings is 2. The molecule has 0 aromatic heterocycles. The Balaban J connectivity index is 1.85. The van der Waals surface area contributed by atoms with E-state index in [2.05, 4.69) is 11.9 Å². The predicted octanol–water partition coefficient (Wildman–Crippen LogP) is 3.83. The van der Waals surface area contributed by atoms with Crippen LogP contribution in [0.5, 0.6) is 11.5 Å². The van der Waals surface area contributed by atoms with Crippen molar-refractivity contribution in [2.24, 2.45) is 0 Å². The summed E-state index contributed by atoms with van der Waals surface area (Å²) in [5.74, 6) is 1.49. The third-order valence-electron chi connectivity index (χ3n) is 3.29. The molecule has 0 unspecified atom stereocenters. The summed E-state index contributed by atoms with van der Waals surface area (Å²) in [6, 6.07) is 15.1. The van der Waals surface area contributed by atoms with Crippen LogP contribution in [0.4, 0.5) is 5.69 Å². The van der Waals surface area contributed by atoms with Crippen molar-refractivity contribution in [3.05, 3.63) is 66.7 Å². The number of nitrogens with one attached hydrogen (secondary N) is 1. The van der Waals surface area contributed by atoms with Gasteiger partial charge < -0.3 is 14.8 Å². The predicted molar refractivity (Wildman–Crippen MR) is 92.1 cm³/mol. The zero-order valence-corrected chi connectivity index (χ0v) is 13.2. The number of hydrogen-bond acceptors (Lipinski definition) is 3. The highest BCUT2D eigenvalue weighted by atomic mass is 16.5. The Morgan fingerprint density at radius 2 is 1.96 bits per heavy atom. The van der Waals surface area contributed by atoms with Gasteiger partial charge in [0.2, 0.25) is 5.91 Å². The number of amides is 1. The summed E-state index contributed by atoms with van der Waals surface area (Å²) < 4.78 is 10.6. The Morgan fingerprint density at radius 1 is 1.17 bits per heavy atom. The van der Waals surface area contributed by atoms with E-state index in [0.29, 0.717) is 25.2 Å². The van der Waals surface area contributed by atoms with E-state index in [1.54, 1.807) is 19.3 Å². The zero-order chi connectivity index (χ0) is 16.5. The van der Waals surface area contributed by atoms with Crippen LogP contribution in [-0.2, 0) is 11.2 Å². The van der Waals surface area contributed by atoms with Crippen LogP contribution < -0.4 is 14.8 Å². The third kappa shape index (κ3) is 5.51. The molecule has 1 amide bonds. The molecular formula is C19H21NO3. The van der Waals surface area contributed by atoms with Gasteiger partial charge in [-0.25, -0.2) is 0 Å². The van der Waals surface area contributed by atoms with Gasteiger partial charge in [-0.15, -0.1) is 0 Å². The number of methoxy groups -OCH3 is 1. The van der Waals surface area contributed by atoms with Crippen molar-refractivity contribution in [3.8, 4) is 11.5 Å². The number of aryl methyl sites for hydroxylation is 1. The fourth-order valence-corrected chi connectivity index (χ4v) is 2.09. The van der Waals surface area contributed by atoms with Gasteiger partial charge in [0.15, 0.2) is 0 Å². The summed E-state index contributed by atoms with van der Waals surface area (Å²) >= 11 is 0. The summed E-state index contributed by atoms with van der Waals surface area (Å²) in [6.07, 6.45) is 2.78. The molecular weight excluding hydrogens is 290 g/mol. The molecule has 2 rings (SSSR count). The quantitative estimate of drug-likeness (QED) is 0.754. The van der Waals surface area contributed by atoms with Crippen LogP contribution in [-0.4, -0.2) is 19.6 Å². The highest BCUT2D eigenvalue weighted by Crippen LogP contribution is 2.18. The Bertz CT molecular complexity index is 650. The van der Waals surface area contributed by atoms with Gasteiger partial charge in [0.1, 0.15) is 18.1 Å². The van der Waals surface area contributed by atoms with Gasteiger partial charge in [-0.1, -0.05) is 30.9 Å². The van der Waals surface area contributed by atoms with Crippen LogP contribution in [0.1, 0.15) is 12.0 Å². The second kappa shape index (κ2) is 8.63. The van der Waals surface area contributed by atoms with Crippen molar-refractivity contribution in [3.63, 3.8) is 0 Å². The molecule has 0 saturated carbocycles. The number of carbonyl (C=O) groups excluding carboxylic acids is 1. The lowest BCUT2D eigenvalue weighted by Crippen LogP contribution is -2.12. The molecule has 4 nitrogen and oxygen atoms in total. The second-order valence-electron chi connectivity index (χ2n) is 5.02. The molecule has 23 heavy (non-hydrogen) atoms. The Morgan fingerprint density at radius 3 is 2.65 bits per heavy atom. The molecule has 1 N–H and O–H groups in total. The van der Waals surface area contributed by atoms with E-state index < -0.39 is 0 Å². The van der Waals surface area contributed by atoms with Gasteiger partial charge >= 0.3 is 0 Å². The molecule has 0 fully saturated rings. The van der Waals surface area contributed by atoms with Crippen LogP contribution >= 0.6 is 0 Å². The normalized spacial score (nSPS) is 9.96. The summed E-state index contributed by atoms with van der Waals surface area (Å²) in [5.41, 5.74) is 1.83. The SMILES string of the molecule is C=CCOc1cccc(NC(=O)CCc2ccc(OC)cc2)c1. The summed E-state index contributed by atoms with van der Waals surface area (Å²) in [6.45, 7) is 4.05. The molecule has 0 aliphatic heterocycles. The molecule has 0 aliphatic carbocycles. The standard InChI is InChI=1S/C19H21NO3/c1-3-13-23-18-6-4-5-16(14-18)20-19(21)12-9-15-7-10-17(22-2)11-8-15/h3-8,10-11,14H,1,9,12-13H2,2H3,(H,20,21). The maximum Gasteiger partial charge on any atom is 0.224 e. The number of hydrogen-bond donors (Lipinski definition) is 1. The van der Waals surface area contributed by atoms with Crippen LogP contribution in [0.15, 0.2) is 61.2 Å². The van der Waals surface area contributed by atoms with E-state index in [9.17, 15) is 4.79 Å². The monoisotopic (exact) mass is 311 g/mol. The van der Waals surface area contributed by atoms with Crippen molar-refractivity contribution in [1.82, 2.24) is 0 Å². The maximum absolute atomic E-state index is 12.0. The Hall–Kier alpha value is -2.75. The Labute approximate surface area is 136 Å². The first kappa shape index (κ1) is 16.6. The van der Waals surface area contributed by atoms with E-state index in [1.165, 1.54) is 0 Å². The van der Waals surface area contributed by atoms with E-state index in [1.807, 2.05) is 42.5 Å². The molecule has 120 valence electrons. The first-order valence-corrected chi connectivity index (χ1v) is 7.48. The minimum absolute atomic E-state index is 0.0262. The molecule has 4 heteroatoms. The lowest BCUT2D eigenvalue weighted by molar-refractivity contribution is -0.116. The molecule has 0 atom stereocenters. The average molecular weight is 311 g/mol. The molecule has 0 heterocycles. The lowest BCUT2D eigenvalue weighted by atomic mass is 10.1. The van der Waals surface area contributed by atoms with Gasteiger partial charge in [-0.2, -0.15) is 0 Å². The van der Waals surface area contributed by atoms with Crippen molar-refractivity contribution in [2.45, 2.75) is 12.8 Å². The van der Waals surface area contributed by atoms with E-state index in [0.717, 1.165) is 17.0 Å². The number of rotatable bonds is 8. The summed E-state index contributed by atoms with van der Waals surface area (Å²) in [5, 5.41) is 2.88. The van der Waals surface area contributed by atoms with Crippen molar-refractivity contribution in [2.75, 3.05) is 19.0 Å². The molecule has 0 radical (unpaired) electrons. The topological polar surface area (TPSA) is 47.6 Å². The molecule has 2 aromatic rings. The average Bonchev–Trinajstić information content (AvgIpc) is 2.59. The Kier molecular flexibility index (Phi) is 6.24. The highest BCUT2D eigenvalue weighted by molar-refractivity contribution is 5.91. The third-order valence-corrected chi connectivity index (χ3v) is 3.29. The number of ether oxygens (including phenoxy) is 2. The molecule has 0 aliphatic rings. The molecule has 2 aromatic carbocycles. The van der Waals surface area contributed by atoms with Crippen LogP contribution in [0, 0.1) is 0 Å². The van der Waals surface area contributed by atoms with Crippen molar-refractivity contribution in [1.29, 1.82) is 0 Å². The first-order chi connectivity index (χ1) is 11.2. The first-order valence-electron chi connectivity index (χ1n) is 7.48. The summed E-state index contributed by atoms with van der Waals surface area (Å²) in [4.78, 5) is 12.0. The highest BCUT2D eigenvalue weighted by Gasteiger charge is 2.04.